The van der Waals surface area contributed by atoms with Crippen molar-refractivity contribution in [3.63, 3.8) is 0 Å². The van der Waals surface area contributed by atoms with Crippen molar-refractivity contribution >= 4 is 23.6 Å². The van der Waals surface area contributed by atoms with Crippen LogP contribution in [0.2, 0.25) is 0 Å². The third-order valence-corrected chi connectivity index (χ3v) is 6.05. The standard InChI is InChI=1S/C19H20F3NO6/c1-8-6-11-14(9(2)16(26)28-11)15(18(3)10(8)4-5-12(18)24)29-13(25)7-23-17(27)19(20,21)22/h4-5,8,10-11,14-15H,2,6-7H2,1,3H3,(H,23,27)/t8-,10?,11-,14-,15+,18+/m1/s1. The lowest BCUT2D eigenvalue weighted by Crippen LogP contribution is -2.50. The molecule has 6 atom stereocenters. The first-order valence-corrected chi connectivity index (χ1v) is 9.04. The zero-order valence-electron chi connectivity index (χ0n) is 15.7. The summed E-state index contributed by atoms with van der Waals surface area (Å²) in [7, 11) is 0. The third kappa shape index (κ3) is 3.44. The van der Waals surface area contributed by atoms with E-state index in [4.69, 9.17) is 9.47 Å². The molecule has 10 heteroatoms. The number of rotatable bonds is 3. The molecule has 0 aromatic carbocycles. The maximum Gasteiger partial charge on any atom is 0.471 e. The highest BCUT2D eigenvalue weighted by molar-refractivity contribution is 5.99. The molecule has 0 spiro atoms. The lowest BCUT2D eigenvalue weighted by molar-refractivity contribution is -0.176. The molecule has 1 N–H and O–H groups in total. The highest BCUT2D eigenvalue weighted by atomic mass is 19.4. The minimum Gasteiger partial charge on any atom is -0.459 e. The van der Waals surface area contributed by atoms with E-state index in [0.29, 0.717) is 6.42 Å². The Morgan fingerprint density at radius 2 is 2.03 bits per heavy atom. The number of ether oxygens (including phenoxy) is 2. The highest BCUT2D eigenvalue weighted by Crippen LogP contribution is 2.54. The fourth-order valence-corrected chi connectivity index (χ4v) is 4.58. The van der Waals surface area contributed by atoms with E-state index >= 15 is 0 Å². The van der Waals surface area contributed by atoms with Crippen molar-refractivity contribution in [2.45, 2.75) is 38.7 Å². The minimum atomic E-state index is -5.15. The van der Waals surface area contributed by atoms with Crippen molar-refractivity contribution in [2.24, 2.45) is 23.2 Å². The number of hydrogen-bond acceptors (Lipinski definition) is 6. The van der Waals surface area contributed by atoms with E-state index < -0.39 is 54.1 Å². The largest absolute Gasteiger partial charge is 0.471 e. The van der Waals surface area contributed by atoms with Gasteiger partial charge in [-0.05, 0) is 31.3 Å². The molecule has 1 unspecified atom stereocenters. The summed E-state index contributed by atoms with van der Waals surface area (Å²) in [5.41, 5.74) is -1.19. The van der Waals surface area contributed by atoms with Crippen LogP contribution in [0, 0.1) is 23.2 Å². The molecule has 0 aromatic rings. The Hall–Kier alpha value is -2.65. The molecule has 1 saturated carbocycles. The minimum absolute atomic E-state index is 0.0425. The number of ketones is 1. The summed E-state index contributed by atoms with van der Waals surface area (Å²) in [6.45, 7) is 6.15. The molecule has 0 aromatic heterocycles. The molecular formula is C19H20F3NO6. The van der Waals surface area contributed by atoms with Crippen LogP contribution >= 0.6 is 0 Å². The summed E-state index contributed by atoms with van der Waals surface area (Å²) >= 11 is 0. The summed E-state index contributed by atoms with van der Waals surface area (Å²) in [5, 5.41) is 1.44. The average molecular weight is 415 g/mol. The molecule has 1 amide bonds. The fraction of sp³-hybridized carbons (Fsp3) is 0.579. The second-order valence-electron chi connectivity index (χ2n) is 7.83. The maximum absolute atomic E-state index is 12.7. The van der Waals surface area contributed by atoms with Crippen LogP contribution in [0.3, 0.4) is 0 Å². The maximum atomic E-state index is 12.7. The number of carbonyl (C=O) groups is 4. The van der Waals surface area contributed by atoms with Gasteiger partial charge in [0.15, 0.2) is 5.78 Å². The quantitative estimate of drug-likeness (QED) is 0.554. The van der Waals surface area contributed by atoms with Crippen molar-refractivity contribution in [2.75, 3.05) is 6.54 Å². The van der Waals surface area contributed by atoms with Crippen LogP contribution in [0.15, 0.2) is 24.3 Å². The van der Waals surface area contributed by atoms with Crippen molar-refractivity contribution in [3.05, 3.63) is 24.3 Å². The van der Waals surface area contributed by atoms with Crippen LogP contribution in [0.1, 0.15) is 20.3 Å². The molecule has 7 nitrogen and oxygen atoms in total. The normalized spacial score (nSPS) is 36.2. The molecule has 29 heavy (non-hydrogen) atoms. The van der Waals surface area contributed by atoms with Crippen LogP contribution in [-0.2, 0) is 28.7 Å². The zero-order chi connectivity index (χ0) is 21.7. The van der Waals surface area contributed by atoms with Gasteiger partial charge < -0.3 is 14.8 Å². The predicted molar refractivity (Wildman–Crippen MR) is 91.0 cm³/mol. The highest BCUT2D eigenvalue weighted by Gasteiger charge is 2.62. The van der Waals surface area contributed by atoms with Gasteiger partial charge in [0.25, 0.3) is 0 Å². The zero-order valence-corrected chi connectivity index (χ0v) is 15.7. The number of fused-ring (bicyclic) bond motifs is 2. The van der Waals surface area contributed by atoms with Gasteiger partial charge in [0.1, 0.15) is 18.8 Å². The van der Waals surface area contributed by atoms with E-state index in [1.54, 1.807) is 13.0 Å². The Morgan fingerprint density at radius 3 is 2.66 bits per heavy atom. The molecule has 1 saturated heterocycles. The number of hydrogen-bond donors (Lipinski definition) is 1. The Morgan fingerprint density at radius 1 is 1.38 bits per heavy atom. The van der Waals surface area contributed by atoms with Crippen LogP contribution in [0.25, 0.3) is 0 Å². The number of allylic oxidation sites excluding steroid dienone is 2. The third-order valence-electron chi connectivity index (χ3n) is 6.05. The lowest BCUT2D eigenvalue weighted by Gasteiger charge is -2.39. The topological polar surface area (TPSA) is 98.8 Å². The SMILES string of the molecule is C=C1C(=O)O[C@@H]2C[C@@H](C)C3C=CC(=O)[C@@]3(C)[C@@H](OC(=O)CNC(=O)C(F)(F)F)[C@H]12. The van der Waals surface area contributed by atoms with Crippen molar-refractivity contribution in [1.29, 1.82) is 0 Å². The van der Waals surface area contributed by atoms with Crippen molar-refractivity contribution < 1.29 is 41.8 Å². The number of nitrogens with one attached hydrogen (secondary N) is 1. The van der Waals surface area contributed by atoms with Gasteiger partial charge in [-0.1, -0.05) is 19.6 Å². The Labute approximate surface area is 164 Å². The average Bonchev–Trinajstić information content (AvgIpc) is 3.04. The van der Waals surface area contributed by atoms with Crippen LogP contribution in [0.4, 0.5) is 13.2 Å². The number of esters is 2. The van der Waals surface area contributed by atoms with Gasteiger partial charge in [0.05, 0.1) is 11.3 Å². The molecule has 2 aliphatic carbocycles. The van der Waals surface area contributed by atoms with E-state index in [9.17, 15) is 32.3 Å². The first-order valence-electron chi connectivity index (χ1n) is 9.04. The number of carbonyl (C=O) groups excluding carboxylic acids is 4. The van der Waals surface area contributed by atoms with E-state index in [1.165, 1.54) is 11.4 Å². The van der Waals surface area contributed by atoms with Gasteiger partial charge in [-0.15, -0.1) is 0 Å². The van der Waals surface area contributed by atoms with E-state index in [1.807, 2.05) is 6.92 Å². The molecule has 3 aliphatic rings. The summed E-state index contributed by atoms with van der Waals surface area (Å²) in [6, 6.07) is 0. The molecule has 2 fully saturated rings. The van der Waals surface area contributed by atoms with Gasteiger partial charge in [0, 0.05) is 5.57 Å². The smallest absolute Gasteiger partial charge is 0.459 e. The number of halogens is 3. The van der Waals surface area contributed by atoms with Gasteiger partial charge in [-0.2, -0.15) is 13.2 Å². The number of amides is 1. The molecule has 3 rings (SSSR count). The Balaban J connectivity index is 1.88. The second-order valence-corrected chi connectivity index (χ2v) is 7.83. The molecule has 0 bridgehead atoms. The van der Waals surface area contributed by atoms with Gasteiger partial charge in [-0.25, -0.2) is 4.79 Å². The van der Waals surface area contributed by atoms with Gasteiger partial charge in [0.2, 0.25) is 0 Å². The van der Waals surface area contributed by atoms with E-state index in [-0.39, 0.29) is 23.2 Å². The summed E-state index contributed by atoms with van der Waals surface area (Å²) < 4.78 is 47.8. The summed E-state index contributed by atoms with van der Waals surface area (Å²) in [6.07, 6.45) is -3.49. The fourth-order valence-electron chi connectivity index (χ4n) is 4.58. The van der Waals surface area contributed by atoms with Crippen LogP contribution < -0.4 is 5.32 Å². The van der Waals surface area contributed by atoms with Crippen LogP contribution in [-0.4, -0.2) is 48.6 Å². The van der Waals surface area contributed by atoms with E-state index in [2.05, 4.69) is 6.58 Å². The Kier molecular flexibility index (Phi) is 5.08. The number of alkyl halides is 3. The summed E-state index contributed by atoms with van der Waals surface area (Å²) in [5.74, 6) is -5.66. The van der Waals surface area contributed by atoms with Gasteiger partial charge >= 0.3 is 24.0 Å². The van der Waals surface area contributed by atoms with E-state index in [0.717, 1.165) is 0 Å². The molecule has 1 aliphatic heterocycles. The van der Waals surface area contributed by atoms with Crippen molar-refractivity contribution in [3.8, 4) is 0 Å². The van der Waals surface area contributed by atoms with Crippen molar-refractivity contribution in [1.82, 2.24) is 5.32 Å². The lowest BCUT2D eigenvalue weighted by atomic mass is 9.67. The predicted octanol–water partition coefficient (Wildman–Crippen LogP) is 1.48. The monoisotopic (exact) mass is 415 g/mol. The molecule has 0 radical (unpaired) electrons. The second kappa shape index (κ2) is 7.00. The van der Waals surface area contributed by atoms with Crippen LogP contribution in [0.5, 0.6) is 0 Å². The van der Waals surface area contributed by atoms with Gasteiger partial charge in [-0.3, -0.25) is 14.4 Å². The molecule has 158 valence electrons. The summed E-state index contributed by atoms with van der Waals surface area (Å²) in [4.78, 5) is 48.0. The molecular weight excluding hydrogens is 395 g/mol. The first kappa shape index (κ1) is 21.1. The molecule has 1 heterocycles. The first-order chi connectivity index (χ1) is 13.4. The Bertz CT molecular complexity index is 819.